The molecule has 0 saturated carbocycles. The first kappa shape index (κ1) is 21.1. The number of nitriles is 1. The van der Waals surface area contributed by atoms with Gasteiger partial charge in [-0.25, -0.2) is 4.79 Å². The zero-order valence-corrected chi connectivity index (χ0v) is 17.1. The van der Waals surface area contributed by atoms with E-state index in [1.165, 1.54) is 11.6 Å². The number of esters is 1. The van der Waals surface area contributed by atoms with Gasteiger partial charge in [0.05, 0.1) is 18.2 Å². The predicted octanol–water partition coefficient (Wildman–Crippen LogP) is 5.02. The SMILES string of the molecule is CCOC(=O)/C=C/[C@H](Cc1ccccc1)[C@H]1C=CN(Cc2ccccc2)C=C1C#N. The standard InChI is InChI=1S/C26H26N2O2/c1-2-30-26(29)14-13-23(17-21-9-5-3-6-10-21)25-15-16-28(20-24(25)18-27)19-22-11-7-4-8-12-22/h3-16,20,23,25H,2,17,19H2,1H3/b14-13+/t23-,25-/m1/s1. The average Bonchev–Trinajstić information content (AvgIpc) is 2.78. The molecule has 2 aromatic carbocycles. The van der Waals surface area contributed by atoms with Crippen LogP contribution in [0.15, 0.2) is 96.9 Å². The van der Waals surface area contributed by atoms with Gasteiger partial charge in [-0.2, -0.15) is 5.26 Å². The van der Waals surface area contributed by atoms with Gasteiger partial charge in [0.15, 0.2) is 0 Å². The molecule has 4 nitrogen and oxygen atoms in total. The normalized spacial score (nSPS) is 16.7. The highest BCUT2D eigenvalue weighted by molar-refractivity contribution is 5.81. The molecule has 0 fully saturated rings. The smallest absolute Gasteiger partial charge is 0.330 e. The first-order valence-electron chi connectivity index (χ1n) is 10.2. The van der Waals surface area contributed by atoms with Crippen LogP contribution in [0.25, 0.3) is 0 Å². The summed E-state index contributed by atoms with van der Waals surface area (Å²) in [7, 11) is 0. The van der Waals surface area contributed by atoms with Gasteiger partial charge in [0.25, 0.3) is 0 Å². The van der Waals surface area contributed by atoms with Crippen LogP contribution in [0.1, 0.15) is 18.1 Å². The third-order valence-electron chi connectivity index (χ3n) is 5.03. The number of allylic oxidation sites excluding steroid dienone is 3. The molecular formula is C26H26N2O2. The fourth-order valence-electron chi connectivity index (χ4n) is 3.58. The lowest BCUT2D eigenvalue weighted by molar-refractivity contribution is -0.137. The first-order chi connectivity index (χ1) is 14.7. The monoisotopic (exact) mass is 398 g/mol. The molecular weight excluding hydrogens is 372 g/mol. The van der Waals surface area contributed by atoms with Crippen molar-refractivity contribution in [2.45, 2.75) is 19.9 Å². The van der Waals surface area contributed by atoms with Gasteiger partial charge in [0.1, 0.15) is 0 Å². The zero-order chi connectivity index (χ0) is 21.2. The highest BCUT2D eigenvalue weighted by atomic mass is 16.5. The van der Waals surface area contributed by atoms with Crippen molar-refractivity contribution in [1.82, 2.24) is 4.90 Å². The molecule has 0 aliphatic carbocycles. The van der Waals surface area contributed by atoms with Crippen molar-refractivity contribution >= 4 is 5.97 Å². The third kappa shape index (κ3) is 5.96. The molecule has 3 rings (SSSR count). The Morgan fingerprint density at radius 2 is 1.80 bits per heavy atom. The second kappa shape index (κ2) is 10.8. The summed E-state index contributed by atoms with van der Waals surface area (Å²) in [6.07, 6.45) is 10.1. The van der Waals surface area contributed by atoms with Crippen LogP contribution in [0.5, 0.6) is 0 Å². The summed E-state index contributed by atoms with van der Waals surface area (Å²) in [4.78, 5) is 13.9. The molecule has 30 heavy (non-hydrogen) atoms. The second-order valence-electron chi connectivity index (χ2n) is 7.19. The Balaban J connectivity index is 1.81. The van der Waals surface area contributed by atoms with Crippen molar-refractivity contribution in [2.24, 2.45) is 11.8 Å². The van der Waals surface area contributed by atoms with Crippen molar-refractivity contribution in [3.8, 4) is 6.07 Å². The van der Waals surface area contributed by atoms with Crippen molar-refractivity contribution in [2.75, 3.05) is 6.61 Å². The van der Waals surface area contributed by atoms with E-state index in [1.54, 1.807) is 6.92 Å². The molecule has 2 atom stereocenters. The highest BCUT2D eigenvalue weighted by Crippen LogP contribution is 2.30. The minimum atomic E-state index is -0.358. The summed E-state index contributed by atoms with van der Waals surface area (Å²) >= 11 is 0. The summed E-state index contributed by atoms with van der Waals surface area (Å²) in [5, 5.41) is 9.83. The Hall–Kier alpha value is -3.58. The fraction of sp³-hybridized carbons (Fsp3) is 0.231. The molecule has 0 unspecified atom stereocenters. The Bertz CT molecular complexity index is 956. The maximum absolute atomic E-state index is 11.9. The van der Waals surface area contributed by atoms with E-state index in [9.17, 15) is 10.1 Å². The van der Waals surface area contributed by atoms with E-state index in [0.717, 1.165) is 12.0 Å². The van der Waals surface area contributed by atoms with E-state index in [2.05, 4.69) is 36.4 Å². The minimum Gasteiger partial charge on any atom is -0.463 e. The lowest BCUT2D eigenvalue weighted by Crippen LogP contribution is -2.23. The quantitative estimate of drug-likeness (QED) is 0.463. The number of ether oxygens (including phenoxy) is 1. The molecule has 0 spiro atoms. The van der Waals surface area contributed by atoms with Crippen LogP contribution in [-0.4, -0.2) is 17.5 Å². The van der Waals surface area contributed by atoms with Gasteiger partial charge in [-0.1, -0.05) is 72.8 Å². The van der Waals surface area contributed by atoms with Crippen LogP contribution in [-0.2, 0) is 22.5 Å². The van der Waals surface area contributed by atoms with E-state index < -0.39 is 0 Å². The molecule has 0 amide bonds. The van der Waals surface area contributed by atoms with E-state index in [-0.39, 0.29) is 17.8 Å². The van der Waals surface area contributed by atoms with Gasteiger partial charge in [-0.3, -0.25) is 0 Å². The molecule has 1 aliphatic heterocycles. The summed E-state index contributed by atoms with van der Waals surface area (Å²) in [6.45, 7) is 2.83. The Labute approximate surface area is 178 Å². The van der Waals surface area contributed by atoms with Crippen molar-refractivity contribution < 1.29 is 9.53 Å². The molecule has 0 saturated heterocycles. The Morgan fingerprint density at radius 1 is 1.13 bits per heavy atom. The molecule has 0 radical (unpaired) electrons. The lowest BCUT2D eigenvalue weighted by Gasteiger charge is -2.28. The topological polar surface area (TPSA) is 53.3 Å². The van der Waals surface area contributed by atoms with Crippen LogP contribution in [0.3, 0.4) is 0 Å². The van der Waals surface area contributed by atoms with Gasteiger partial charge < -0.3 is 9.64 Å². The summed E-state index contributed by atoms with van der Waals surface area (Å²) in [5.74, 6) is -0.491. The number of benzene rings is 2. The Morgan fingerprint density at radius 3 is 2.43 bits per heavy atom. The second-order valence-corrected chi connectivity index (χ2v) is 7.19. The van der Waals surface area contributed by atoms with Crippen LogP contribution in [0.2, 0.25) is 0 Å². The van der Waals surface area contributed by atoms with Crippen LogP contribution >= 0.6 is 0 Å². The molecule has 0 N–H and O–H groups in total. The largest absolute Gasteiger partial charge is 0.463 e. The molecule has 1 aliphatic rings. The maximum atomic E-state index is 11.9. The molecule has 1 heterocycles. The average molecular weight is 399 g/mol. The van der Waals surface area contributed by atoms with Crippen molar-refractivity contribution in [3.63, 3.8) is 0 Å². The van der Waals surface area contributed by atoms with Gasteiger partial charge in [-0.05, 0) is 30.4 Å². The summed E-state index contributed by atoms with van der Waals surface area (Å²) in [5.41, 5.74) is 3.02. The van der Waals surface area contributed by atoms with E-state index in [0.29, 0.717) is 18.7 Å². The summed E-state index contributed by atoms with van der Waals surface area (Å²) in [6, 6.07) is 22.6. The van der Waals surface area contributed by atoms with Crippen molar-refractivity contribution in [3.05, 3.63) is 108 Å². The Kier molecular flexibility index (Phi) is 7.63. The first-order valence-corrected chi connectivity index (χ1v) is 10.2. The number of hydrogen-bond acceptors (Lipinski definition) is 4. The molecule has 4 heteroatoms. The molecule has 0 aromatic heterocycles. The number of carbonyl (C=O) groups excluding carboxylic acids is 1. The van der Waals surface area contributed by atoms with Gasteiger partial charge in [0.2, 0.25) is 0 Å². The van der Waals surface area contributed by atoms with Crippen LogP contribution in [0.4, 0.5) is 0 Å². The number of hydrogen-bond donors (Lipinski definition) is 0. The molecule has 152 valence electrons. The molecule has 2 aromatic rings. The lowest BCUT2D eigenvalue weighted by atomic mass is 9.81. The van der Waals surface area contributed by atoms with Crippen LogP contribution in [0, 0.1) is 23.2 Å². The number of carbonyl (C=O) groups is 1. The van der Waals surface area contributed by atoms with Crippen molar-refractivity contribution in [1.29, 1.82) is 5.26 Å². The fourth-order valence-corrected chi connectivity index (χ4v) is 3.58. The molecule has 0 bridgehead atoms. The van der Waals surface area contributed by atoms with E-state index in [4.69, 9.17) is 4.74 Å². The highest BCUT2D eigenvalue weighted by Gasteiger charge is 2.25. The zero-order valence-electron chi connectivity index (χ0n) is 17.1. The number of nitrogens with zero attached hydrogens (tertiary/aromatic N) is 2. The predicted molar refractivity (Wildman–Crippen MR) is 118 cm³/mol. The summed E-state index contributed by atoms with van der Waals surface area (Å²) < 4.78 is 5.03. The van der Waals surface area contributed by atoms with Gasteiger partial charge >= 0.3 is 5.97 Å². The minimum absolute atomic E-state index is 0.0298. The van der Waals surface area contributed by atoms with Gasteiger partial charge in [0, 0.05) is 30.9 Å². The maximum Gasteiger partial charge on any atom is 0.330 e. The number of rotatable bonds is 8. The van der Waals surface area contributed by atoms with E-state index in [1.807, 2.05) is 59.8 Å². The van der Waals surface area contributed by atoms with E-state index >= 15 is 0 Å². The third-order valence-corrected chi connectivity index (χ3v) is 5.03. The van der Waals surface area contributed by atoms with Gasteiger partial charge in [-0.15, -0.1) is 0 Å². The van der Waals surface area contributed by atoms with Crippen LogP contribution < -0.4 is 0 Å².